The smallest absolute Gasteiger partial charge is 0.238 e. The van der Waals surface area contributed by atoms with Crippen LogP contribution in [0.5, 0.6) is 5.75 Å². The van der Waals surface area contributed by atoms with Gasteiger partial charge >= 0.3 is 0 Å². The van der Waals surface area contributed by atoms with Crippen LogP contribution in [0.1, 0.15) is 44.9 Å². The van der Waals surface area contributed by atoms with Crippen LogP contribution in [-0.2, 0) is 11.2 Å². The van der Waals surface area contributed by atoms with Gasteiger partial charge in [-0.3, -0.25) is 4.79 Å². The fourth-order valence-electron chi connectivity index (χ4n) is 2.57. The van der Waals surface area contributed by atoms with E-state index in [-0.39, 0.29) is 11.2 Å². The zero-order valence-corrected chi connectivity index (χ0v) is 16.8. The molecule has 1 aromatic heterocycles. The number of carbonyl (C=O) groups is 1. The number of anilines is 1. The van der Waals surface area contributed by atoms with Crippen molar-refractivity contribution >= 4 is 23.4 Å². The molecule has 0 aliphatic heterocycles. The van der Waals surface area contributed by atoms with E-state index in [4.69, 9.17) is 4.74 Å². The number of carbonyl (C=O) groups excluding carboxylic acids is 1. The molecule has 0 saturated carbocycles. The summed E-state index contributed by atoms with van der Waals surface area (Å²) in [5, 5.41) is 12.6. The predicted molar refractivity (Wildman–Crippen MR) is 109 cm³/mol. The fourth-order valence-corrected chi connectivity index (χ4v) is 3.58. The summed E-state index contributed by atoms with van der Waals surface area (Å²) in [6.07, 6.45) is 2.46. The molecule has 0 saturated heterocycles. The normalized spacial score (nSPS) is 11.5. The second-order valence-electron chi connectivity index (χ2n) is 5.95. The van der Waals surface area contributed by atoms with Crippen molar-refractivity contribution in [3.05, 3.63) is 47.7 Å². The number of aromatic nitrogens is 1. The first kappa shape index (κ1) is 20.8. The highest BCUT2D eigenvalue weighted by molar-refractivity contribution is 8.00. The van der Waals surface area contributed by atoms with Gasteiger partial charge in [-0.05, 0) is 44.0 Å². The van der Waals surface area contributed by atoms with Crippen LogP contribution in [-0.4, -0.2) is 22.7 Å². The van der Waals surface area contributed by atoms with Crippen LogP contribution in [0.4, 0.5) is 5.69 Å². The summed E-state index contributed by atoms with van der Waals surface area (Å²) in [7, 11) is 0. The second kappa shape index (κ2) is 10.6. The fraction of sp³-hybridized carbons (Fsp3) is 0.381. The maximum absolute atomic E-state index is 12.8. The zero-order chi connectivity index (χ0) is 19.6. The molecule has 0 radical (unpaired) electrons. The van der Waals surface area contributed by atoms with E-state index in [9.17, 15) is 10.1 Å². The SMILES string of the molecule is CCCc1ccc(C#N)c(SC(CC)C(=O)Nc2ccccc2OCC)n1. The molecular formula is C21H25N3O2S. The highest BCUT2D eigenvalue weighted by Crippen LogP contribution is 2.30. The van der Waals surface area contributed by atoms with Crippen LogP contribution >= 0.6 is 11.8 Å². The third-order valence-corrected chi connectivity index (χ3v) is 5.27. The Morgan fingerprint density at radius 1 is 1.26 bits per heavy atom. The summed E-state index contributed by atoms with van der Waals surface area (Å²) in [4.78, 5) is 17.4. The number of thioether (sulfide) groups is 1. The van der Waals surface area contributed by atoms with E-state index in [1.54, 1.807) is 6.07 Å². The summed E-state index contributed by atoms with van der Waals surface area (Å²) in [5.41, 5.74) is 2.09. The number of nitrogens with one attached hydrogen (secondary N) is 1. The first-order valence-electron chi connectivity index (χ1n) is 9.22. The summed E-state index contributed by atoms with van der Waals surface area (Å²) in [6, 6.07) is 13.2. The molecule has 1 unspecified atom stereocenters. The molecule has 2 aromatic rings. The number of amides is 1. The Bertz CT molecular complexity index is 817. The van der Waals surface area contributed by atoms with E-state index < -0.39 is 0 Å². The zero-order valence-electron chi connectivity index (χ0n) is 16.0. The molecular weight excluding hydrogens is 358 g/mol. The highest BCUT2D eigenvalue weighted by atomic mass is 32.2. The number of para-hydroxylation sites is 2. The van der Waals surface area contributed by atoms with Crippen molar-refractivity contribution in [2.75, 3.05) is 11.9 Å². The van der Waals surface area contributed by atoms with Gasteiger partial charge in [-0.25, -0.2) is 4.98 Å². The number of hydrogen-bond donors (Lipinski definition) is 1. The Morgan fingerprint density at radius 2 is 2.04 bits per heavy atom. The molecule has 27 heavy (non-hydrogen) atoms. The number of aryl methyl sites for hydroxylation is 1. The second-order valence-corrected chi connectivity index (χ2v) is 7.14. The molecule has 1 N–H and O–H groups in total. The molecule has 1 heterocycles. The van der Waals surface area contributed by atoms with E-state index in [1.807, 2.05) is 44.2 Å². The lowest BCUT2D eigenvalue weighted by atomic mass is 10.2. The van der Waals surface area contributed by atoms with Crippen molar-refractivity contribution in [2.45, 2.75) is 50.3 Å². The van der Waals surface area contributed by atoms with Gasteiger partial charge in [0, 0.05) is 5.69 Å². The maximum Gasteiger partial charge on any atom is 0.238 e. The molecule has 0 aliphatic carbocycles. The van der Waals surface area contributed by atoms with Gasteiger partial charge < -0.3 is 10.1 Å². The molecule has 0 bridgehead atoms. The Balaban J connectivity index is 2.19. The minimum absolute atomic E-state index is 0.124. The average Bonchev–Trinajstić information content (AvgIpc) is 2.68. The highest BCUT2D eigenvalue weighted by Gasteiger charge is 2.22. The molecule has 1 atom stereocenters. The Morgan fingerprint density at radius 3 is 2.70 bits per heavy atom. The molecule has 0 fully saturated rings. The summed E-state index contributed by atoms with van der Waals surface area (Å²) in [6.45, 7) is 6.47. The van der Waals surface area contributed by atoms with E-state index in [0.717, 1.165) is 18.5 Å². The van der Waals surface area contributed by atoms with Crippen molar-refractivity contribution in [1.82, 2.24) is 4.98 Å². The lowest BCUT2D eigenvalue weighted by Crippen LogP contribution is -2.25. The average molecular weight is 384 g/mol. The van der Waals surface area contributed by atoms with Gasteiger partial charge in [-0.2, -0.15) is 5.26 Å². The third kappa shape index (κ3) is 5.73. The van der Waals surface area contributed by atoms with E-state index in [1.165, 1.54) is 11.8 Å². The standard InChI is InChI=1S/C21H25N3O2S/c1-4-9-16-13-12-15(14-22)21(23-16)27-19(5-2)20(25)24-17-10-7-8-11-18(17)26-6-3/h7-8,10-13,19H,4-6,9H2,1-3H3,(H,24,25). The first-order valence-corrected chi connectivity index (χ1v) is 10.1. The molecule has 142 valence electrons. The minimum atomic E-state index is -0.351. The third-order valence-electron chi connectivity index (χ3n) is 3.91. The summed E-state index contributed by atoms with van der Waals surface area (Å²) < 4.78 is 5.57. The Kier molecular flexibility index (Phi) is 8.15. The lowest BCUT2D eigenvalue weighted by Gasteiger charge is -2.17. The largest absolute Gasteiger partial charge is 0.492 e. The van der Waals surface area contributed by atoms with E-state index in [0.29, 0.717) is 35.1 Å². The minimum Gasteiger partial charge on any atom is -0.492 e. The predicted octanol–water partition coefficient (Wildman–Crippen LogP) is 4.81. The maximum atomic E-state index is 12.8. The van der Waals surface area contributed by atoms with Crippen molar-refractivity contribution in [3.8, 4) is 11.8 Å². The van der Waals surface area contributed by atoms with Crippen LogP contribution in [0, 0.1) is 11.3 Å². The number of rotatable bonds is 9. The molecule has 2 rings (SSSR count). The number of nitriles is 1. The van der Waals surface area contributed by atoms with E-state index >= 15 is 0 Å². The molecule has 5 nitrogen and oxygen atoms in total. The monoisotopic (exact) mass is 383 g/mol. The van der Waals surface area contributed by atoms with Gasteiger partial charge in [0.25, 0.3) is 0 Å². The molecule has 0 spiro atoms. The van der Waals surface area contributed by atoms with Gasteiger partial charge in [0.2, 0.25) is 5.91 Å². The van der Waals surface area contributed by atoms with Gasteiger partial charge in [-0.15, -0.1) is 0 Å². The number of hydrogen-bond acceptors (Lipinski definition) is 5. The van der Waals surface area contributed by atoms with Crippen molar-refractivity contribution in [2.24, 2.45) is 0 Å². The van der Waals surface area contributed by atoms with E-state index in [2.05, 4.69) is 23.3 Å². The molecule has 1 amide bonds. The van der Waals surface area contributed by atoms with Crippen LogP contribution in [0.3, 0.4) is 0 Å². The van der Waals surface area contributed by atoms with Crippen LogP contribution in [0.15, 0.2) is 41.4 Å². The molecule has 0 aliphatic rings. The number of ether oxygens (including phenoxy) is 1. The quantitative estimate of drug-likeness (QED) is 0.629. The number of benzene rings is 1. The summed E-state index contributed by atoms with van der Waals surface area (Å²) in [5.74, 6) is 0.523. The molecule has 6 heteroatoms. The number of pyridine rings is 1. The van der Waals surface area contributed by atoms with Crippen molar-refractivity contribution < 1.29 is 9.53 Å². The van der Waals surface area contributed by atoms with Gasteiger partial charge in [-0.1, -0.05) is 44.2 Å². The lowest BCUT2D eigenvalue weighted by molar-refractivity contribution is -0.115. The van der Waals surface area contributed by atoms with Gasteiger partial charge in [0.1, 0.15) is 16.8 Å². The first-order chi connectivity index (χ1) is 13.1. The topological polar surface area (TPSA) is 75.0 Å². The number of nitrogens with zero attached hydrogens (tertiary/aromatic N) is 2. The van der Waals surface area contributed by atoms with Crippen molar-refractivity contribution in [3.63, 3.8) is 0 Å². The van der Waals surface area contributed by atoms with Crippen LogP contribution < -0.4 is 10.1 Å². The van der Waals surface area contributed by atoms with Crippen LogP contribution in [0.2, 0.25) is 0 Å². The Hall–Kier alpha value is -2.52. The summed E-state index contributed by atoms with van der Waals surface area (Å²) >= 11 is 1.34. The van der Waals surface area contributed by atoms with Crippen LogP contribution in [0.25, 0.3) is 0 Å². The van der Waals surface area contributed by atoms with Crippen molar-refractivity contribution in [1.29, 1.82) is 5.26 Å². The molecule has 1 aromatic carbocycles. The Labute approximate surface area is 165 Å². The van der Waals surface area contributed by atoms with Gasteiger partial charge in [0.05, 0.1) is 23.1 Å². The van der Waals surface area contributed by atoms with Gasteiger partial charge in [0.15, 0.2) is 0 Å².